The zero-order valence-corrected chi connectivity index (χ0v) is 12.0. The van der Waals surface area contributed by atoms with Crippen molar-refractivity contribution in [1.82, 2.24) is 4.90 Å². The minimum absolute atomic E-state index is 0.0220. The van der Waals surface area contributed by atoms with Gasteiger partial charge < -0.3 is 15.8 Å². The highest BCUT2D eigenvalue weighted by Gasteiger charge is 2.11. The van der Waals surface area contributed by atoms with Gasteiger partial charge in [-0.05, 0) is 18.2 Å². The van der Waals surface area contributed by atoms with Crippen LogP contribution in [-0.4, -0.2) is 52.7 Å². The summed E-state index contributed by atoms with van der Waals surface area (Å²) in [6, 6.07) is 4.45. The highest BCUT2D eigenvalue weighted by Crippen LogP contribution is 2.21. The van der Waals surface area contributed by atoms with Crippen molar-refractivity contribution in [3.8, 4) is 0 Å². The van der Waals surface area contributed by atoms with Gasteiger partial charge in [0.1, 0.15) is 0 Å². The predicted molar refractivity (Wildman–Crippen MR) is 78.0 cm³/mol. The molecule has 0 radical (unpaired) electrons. The van der Waals surface area contributed by atoms with Crippen LogP contribution in [0.3, 0.4) is 0 Å². The summed E-state index contributed by atoms with van der Waals surface area (Å²) >= 11 is 0. The maximum absolute atomic E-state index is 11.2. The molecule has 0 aromatic heterocycles. The van der Waals surface area contributed by atoms with E-state index in [-0.39, 0.29) is 4.90 Å². The molecule has 8 heteroatoms. The molecular formula is C12H20N4O3S. The molecule has 1 aliphatic heterocycles. The molecule has 1 aromatic rings. The fourth-order valence-corrected chi connectivity index (χ4v) is 2.60. The number of hydrogen-bond acceptors (Lipinski definition) is 6. The third-order valence-electron chi connectivity index (χ3n) is 3.20. The molecule has 0 atom stereocenters. The van der Waals surface area contributed by atoms with Crippen LogP contribution in [0.2, 0.25) is 0 Å². The molecule has 1 aromatic carbocycles. The van der Waals surface area contributed by atoms with Crippen molar-refractivity contribution in [2.24, 2.45) is 5.14 Å². The Balaban J connectivity index is 1.90. The van der Waals surface area contributed by atoms with E-state index in [1.54, 1.807) is 6.07 Å². The topological polar surface area (TPSA) is 111 Å². The molecule has 0 unspecified atom stereocenters. The van der Waals surface area contributed by atoms with E-state index >= 15 is 0 Å². The Morgan fingerprint density at radius 1 is 1.30 bits per heavy atom. The average Bonchev–Trinajstić information content (AvgIpc) is 2.40. The minimum atomic E-state index is -3.71. The molecule has 20 heavy (non-hydrogen) atoms. The van der Waals surface area contributed by atoms with Gasteiger partial charge in [0, 0.05) is 26.2 Å². The number of benzene rings is 1. The number of anilines is 2. The summed E-state index contributed by atoms with van der Waals surface area (Å²) in [5.74, 6) is 0. The van der Waals surface area contributed by atoms with Gasteiger partial charge in [-0.2, -0.15) is 0 Å². The predicted octanol–water partition coefficient (Wildman–Crippen LogP) is -0.340. The summed E-state index contributed by atoms with van der Waals surface area (Å²) in [6.07, 6.45) is 0. The SMILES string of the molecule is Nc1cc(S(N)(=O)=O)ccc1NCCN1CCOCC1. The maximum atomic E-state index is 11.2. The van der Waals surface area contributed by atoms with Crippen LogP contribution >= 0.6 is 0 Å². The number of nitrogens with two attached hydrogens (primary N) is 2. The monoisotopic (exact) mass is 300 g/mol. The quantitative estimate of drug-likeness (QED) is 0.642. The van der Waals surface area contributed by atoms with E-state index < -0.39 is 10.0 Å². The summed E-state index contributed by atoms with van der Waals surface area (Å²) < 4.78 is 27.7. The molecule has 7 nitrogen and oxygen atoms in total. The number of primary sulfonamides is 1. The standard InChI is InChI=1S/C12H20N4O3S/c13-11-9-10(20(14,17)18)1-2-12(11)15-3-4-16-5-7-19-8-6-16/h1-2,9,15H,3-8,13H2,(H2,14,17,18). The number of ether oxygens (including phenoxy) is 1. The normalized spacial score (nSPS) is 17.1. The van der Waals surface area contributed by atoms with Gasteiger partial charge in [-0.1, -0.05) is 0 Å². The van der Waals surface area contributed by atoms with Crippen molar-refractivity contribution in [3.05, 3.63) is 18.2 Å². The Kier molecular flexibility index (Phi) is 4.81. The second-order valence-corrected chi connectivity index (χ2v) is 6.24. The molecule has 0 amide bonds. The summed E-state index contributed by atoms with van der Waals surface area (Å²) in [6.45, 7) is 5.03. The molecule has 1 saturated heterocycles. The van der Waals surface area contributed by atoms with Crippen molar-refractivity contribution in [2.75, 3.05) is 50.4 Å². The van der Waals surface area contributed by atoms with Crippen LogP contribution in [0.25, 0.3) is 0 Å². The molecule has 5 N–H and O–H groups in total. The van der Waals surface area contributed by atoms with E-state index in [0.717, 1.165) is 39.4 Å². The van der Waals surface area contributed by atoms with E-state index in [4.69, 9.17) is 15.6 Å². The van der Waals surface area contributed by atoms with Crippen molar-refractivity contribution < 1.29 is 13.2 Å². The third kappa shape index (κ3) is 4.07. The smallest absolute Gasteiger partial charge is 0.238 e. The summed E-state index contributed by atoms with van der Waals surface area (Å²) in [5, 5.41) is 8.25. The Labute approximate surface area is 118 Å². The van der Waals surface area contributed by atoms with E-state index in [9.17, 15) is 8.42 Å². The van der Waals surface area contributed by atoms with E-state index in [1.165, 1.54) is 12.1 Å². The lowest BCUT2D eigenvalue weighted by Gasteiger charge is -2.26. The Hall–Kier alpha value is -1.35. The first-order valence-corrected chi connectivity index (χ1v) is 7.98. The van der Waals surface area contributed by atoms with Crippen LogP contribution < -0.4 is 16.2 Å². The van der Waals surface area contributed by atoms with Crippen LogP contribution in [0.5, 0.6) is 0 Å². The molecule has 1 fully saturated rings. The van der Waals surface area contributed by atoms with E-state index in [1.807, 2.05) is 0 Å². The van der Waals surface area contributed by atoms with Crippen molar-refractivity contribution in [3.63, 3.8) is 0 Å². The minimum Gasteiger partial charge on any atom is -0.397 e. The Morgan fingerprint density at radius 2 is 2.00 bits per heavy atom. The van der Waals surface area contributed by atoms with Gasteiger partial charge in [0.05, 0.1) is 29.5 Å². The molecule has 0 saturated carbocycles. The molecule has 112 valence electrons. The van der Waals surface area contributed by atoms with E-state index in [0.29, 0.717) is 11.4 Å². The molecule has 2 rings (SSSR count). The second-order valence-electron chi connectivity index (χ2n) is 4.67. The van der Waals surface area contributed by atoms with E-state index in [2.05, 4.69) is 10.2 Å². The van der Waals surface area contributed by atoms with Crippen LogP contribution in [-0.2, 0) is 14.8 Å². The number of nitrogen functional groups attached to an aromatic ring is 1. The van der Waals surface area contributed by atoms with Crippen LogP contribution in [0, 0.1) is 0 Å². The number of rotatable bonds is 5. The average molecular weight is 300 g/mol. The first kappa shape index (κ1) is 15.0. The van der Waals surface area contributed by atoms with Crippen LogP contribution in [0.15, 0.2) is 23.1 Å². The second kappa shape index (κ2) is 6.40. The zero-order chi connectivity index (χ0) is 14.6. The summed E-state index contributed by atoms with van der Waals surface area (Å²) in [7, 11) is -3.71. The lowest BCUT2D eigenvalue weighted by Crippen LogP contribution is -2.39. The Bertz CT molecular complexity index is 556. The lowest BCUT2D eigenvalue weighted by molar-refractivity contribution is 0.0398. The first-order chi connectivity index (χ1) is 9.47. The van der Waals surface area contributed by atoms with Crippen molar-refractivity contribution in [1.29, 1.82) is 0 Å². The van der Waals surface area contributed by atoms with Gasteiger partial charge in [0.15, 0.2) is 0 Å². The first-order valence-electron chi connectivity index (χ1n) is 6.43. The number of nitrogens with one attached hydrogen (secondary N) is 1. The fourth-order valence-electron chi connectivity index (χ4n) is 2.05. The van der Waals surface area contributed by atoms with Crippen LogP contribution in [0.1, 0.15) is 0 Å². The largest absolute Gasteiger partial charge is 0.397 e. The van der Waals surface area contributed by atoms with Crippen molar-refractivity contribution in [2.45, 2.75) is 4.90 Å². The Morgan fingerprint density at radius 3 is 2.60 bits per heavy atom. The molecule has 1 heterocycles. The number of morpholine rings is 1. The highest BCUT2D eigenvalue weighted by molar-refractivity contribution is 7.89. The zero-order valence-electron chi connectivity index (χ0n) is 11.2. The van der Waals surface area contributed by atoms with Crippen molar-refractivity contribution >= 4 is 21.4 Å². The highest BCUT2D eigenvalue weighted by atomic mass is 32.2. The molecule has 0 bridgehead atoms. The number of sulfonamides is 1. The fraction of sp³-hybridized carbons (Fsp3) is 0.500. The summed E-state index contributed by atoms with van der Waals surface area (Å²) in [5.41, 5.74) is 6.91. The number of nitrogens with zero attached hydrogens (tertiary/aromatic N) is 1. The van der Waals surface area contributed by atoms with Crippen LogP contribution in [0.4, 0.5) is 11.4 Å². The molecule has 0 spiro atoms. The van der Waals surface area contributed by atoms with Gasteiger partial charge in [0.2, 0.25) is 10.0 Å². The molecular weight excluding hydrogens is 280 g/mol. The van der Waals surface area contributed by atoms with Gasteiger partial charge in [0.25, 0.3) is 0 Å². The molecule has 1 aliphatic rings. The summed E-state index contributed by atoms with van der Waals surface area (Å²) in [4.78, 5) is 2.32. The lowest BCUT2D eigenvalue weighted by atomic mass is 10.2. The van der Waals surface area contributed by atoms with Gasteiger partial charge in [-0.15, -0.1) is 0 Å². The van der Waals surface area contributed by atoms with Gasteiger partial charge in [-0.25, -0.2) is 13.6 Å². The van der Waals surface area contributed by atoms with Gasteiger partial charge in [-0.3, -0.25) is 4.90 Å². The maximum Gasteiger partial charge on any atom is 0.238 e. The molecule has 0 aliphatic carbocycles. The van der Waals surface area contributed by atoms with Gasteiger partial charge >= 0.3 is 0 Å². The third-order valence-corrected chi connectivity index (χ3v) is 4.11. The number of hydrogen-bond donors (Lipinski definition) is 3.